The van der Waals surface area contributed by atoms with Crippen LogP contribution in [0, 0.1) is 0 Å². The van der Waals surface area contributed by atoms with E-state index in [0.717, 1.165) is 12.8 Å². The number of nitrogens with zero attached hydrogens (tertiary/aromatic N) is 1. The highest BCUT2D eigenvalue weighted by molar-refractivity contribution is 7.91. The lowest BCUT2D eigenvalue weighted by atomic mass is 10.1. The van der Waals surface area contributed by atoms with E-state index in [1.54, 1.807) is 25.2 Å². The molecule has 1 aromatic carbocycles. The van der Waals surface area contributed by atoms with Crippen molar-refractivity contribution in [3.05, 3.63) is 30.3 Å². The lowest BCUT2D eigenvalue weighted by molar-refractivity contribution is -0.122. The lowest BCUT2D eigenvalue weighted by Crippen LogP contribution is -2.42. The highest BCUT2D eigenvalue weighted by Crippen LogP contribution is 2.24. The van der Waals surface area contributed by atoms with Crippen LogP contribution < -0.4 is 10.6 Å². The minimum Gasteiger partial charge on any atom is -0.359 e. The number of carbonyl (C=O) groups is 2. The van der Waals surface area contributed by atoms with Crippen LogP contribution in [-0.2, 0) is 19.4 Å². The van der Waals surface area contributed by atoms with Gasteiger partial charge in [0.1, 0.15) is 0 Å². The van der Waals surface area contributed by atoms with Crippen LogP contribution in [0.1, 0.15) is 25.7 Å². The normalized spacial score (nSPS) is 20.7. The van der Waals surface area contributed by atoms with Gasteiger partial charge in [0.15, 0.2) is 9.84 Å². The smallest absolute Gasteiger partial charge is 0.221 e. The molecule has 0 saturated carbocycles. The van der Waals surface area contributed by atoms with Crippen molar-refractivity contribution >= 4 is 21.7 Å². The van der Waals surface area contributed by atoms with Gasteiger partial charge < -0.3 is 10.6 Å². The van der Waals surface area contributed by atoms with E-state index in [9.17, 15) is 18.0 Å². The maximum Gasteiger partial charge on any atom is 0.221 e. The molecule has 0 bridgehead atoms. The van der Waals surface area contributed by atoms with E-state index in [1.165, 1.54) is 12.1 Å². The average Bonchev–Trinajstić information content (AvgIpc) is 2.98. The van der Waals surface area contributed by atoms with Gasteiger partial charge in [-0.3, -0.25) is 14.5 Å². The Morgan fingerprint density at radius 3 is 2.42 bits per heavy atom. The Morgan fingerprint density at radius 2 is 1.77 bits per heavy atom. The minimum atomic E-state index is -3.44. The molecule has 7 nitrogen and oxygen atoms in total. The van der Waals surface area contributed by atoms with Gasteiger partial charge in [-0.25, -0.2) is 8.42 Å². The molecule has 1 fully saturated rings. The highest BCUT2D eigenvalue weighted by atomic mass is 32.2. The second-order valence-corrected chi connectivity index (χ2v) is 8.72. The molecule has 2 N–H and O–H groups in total. The molecule has 0 radical (unpaired) electrons. The molecule has 1 aliphatic rings. The second kappa shape index (κ2) is 9.14. The summed E-state index contributed by atoms with van der Waals surface area (Å²) in [6, 6.07) is 8.49. The first-order chi connectivity index (χ1) is 12.3. The monoisotopic (exact) mass is 381 g/mol. The van der Waals surface area contributed by atoms with Gasteiger partial charge in [0.05, 0.1) is 10.6 Å². The SMILES string of the molecule is CNC(=O)C[C@H]1CC[C@@H](CNC(=O)CCS(=O)(=O)c2ccccc2)N1C. The van der Waals surface area contributed by atoms with Crippen LogP contribution in [0.3, 0.4) is 0 Å². The standard InChI is InChI=1S/C18H27N3O4S/c1-19-18(23)12-14-8-9-15(21(14)2)13-20-17(22)10-11-26(24,25)16-6-4-3-5-7-16/h3-7,14-15H,8-13H2,1-2H3,(H,19,23)(H,20,22)/t14-,15+/m1/s1. The van der Waals surface area contributed by atoms with E-state index in [0.29, 0.717) is 13.0 Å². The summed E-state index contributed by atoms with van der Waals surface area (Å²) < 4.78 is 24.4. The molecule has 0 spiro atoms. The van der Waals surface area contributed by atoms with Gasteiger partial charge >= 0.3 is 0 Å². The van der Waals surface area contributed by atoms with E-state index in [2.05, 4.69) is 15.5 Å². The number of hydrogen-bond donors (Lipinski definition) is 2. The van der Waals surface area contributed by atoms with Crippen LogP contribution >= 0.6 is 0 Å². The molecule has 1 saturated heterocycles. The van der Waals surface area contributed by atoms with E-state index in [4.69, 9.17) is 0 Å². The zero-order valence-corrected chi connectivity index (χ0v) is 16.1. The van der Waals surface area contributed by atoms with Crippen LogP contribution in [0.2, 0.25) is 0 Å². The summed E-state index contributed by atoms with van der Waals surface area (Å²) >= 11 is 0. The highest BCUT2D eigenvalue weighted by Gasteiger charge is 2.31. The molecule has 2 rings (SSSR count). The number of rotatable bonds is 8. The van der Waals surface area contributed by atoms with Gasteiger partial charge in [0.25, 0.3) is 0 Å². The van der Waals surface area contributed by atoms with E-state index in [-0.39, 0.29) is 41.0 Å². The average molecular weight is 381 g/mol. The number of likely N-dealkylation sites (N-methyl/N-ethyl adjacent to an activating group) is 1. The van der Waals surface area contributed by atoms with Gasteiger partial charge in [0.2, 0.25) is 11.8 Å². The summed E-state index contributed by atoms with van der Waals surface area (Å²) in [7, 11) is 0.135. The summed E-state index contributed by atoms with van der Waals surface area (Å²) in [6.07, 6.45) is 2.20. The topological polar surface area (TPSA) is 95.6 Å². The molecule has 2 atom stereocenters. The predicted molar refractivity (Wildman–Crippen MR) is 99.4 cm³/mol. The number of hydrogen-bond acceptors (Lipinski definition) is 5. The van der Waals surface area contributed by atoms with Crippen molar-refractivity contribution in [3.63, 3.8) is 0 Å². The van der Waals surface area contributed by atoms with Crippen LogP contribution in [0.15, 0.2) is 35.2 Å². The Labute approximate surface area is 155 Å². The fraction of sp³-hybridized carbons (Fsp3) is 0.556. The third kappa shape index (κ3) is 5.54. The molecule has 0 unspecified atom stereocenters. The van der Waals surface area contributed by atoms with Crippen molar-refractivity contribution in [3.8, 4) is 0 Å². The van der Waals surface area contributed by atoms with Crippen LogP contribution in [0.4, 0.5) is 0 Å². The molecule has 0 aliphatic carbocycles. The summed E-state index contributed by atoms with van der Waals surface area (Å²) in [5.74, 6) is -0.465. The van der Waals surface area contributed by atoms with Crippen molar-refractivity contribution in [2.75, 3.05) is 26.4 Å². The van der Waals surface area contributed by atoms with Crippen molar-refractivity contribution in [2.45, 2.75) is 42.7 Å². The third-order valence-corrected chi connectivity index (χ3v) is 6.65. The zero-order valence-electron chi connectivity index (χ0n) is 15.3. The lowest BCUT2D eigenvalue weighted by Gasteiger charge is -2.25. The summed E-state index contributed by atoms with van der Waals surface area (Å²) in [5, 5.41) is 5.45. The van der Waals surface area contributed by atoms with Crippen molar-refractivity contribution in [1.82, 2.24) is 15.5 Å². The Kier molecular flexibility index (Phi) is 7.16. The first-order valence-electron chi connectivity index (χ1n) is 8.80. The number of carbonyl (C=O) groups excluding carboxylic acids is 2. The van der Waals surface area contributed by atoms with E-state index in [1.807, 2.05) is 7.05 Å². The summed E-state index contributed by atoms with van der Waals surface area (Å²) in [4.78, 5) is 25.9. The Balaban J connectivity index is 1.76. The van der Waals surface area contributed by atoms with Crippen LogP contribution in [-0.4, -0.2) is 63.6 Å². The molecule has 1 aliphatic heterocycles. The first-order valence-corrected chi connectivity index (χ1v) is 10.5. The number of benzene rings is 1. The minimum absolute atomic E-state index is 0.0117. The molecule has 1 aromatic rings. The van der Waals surface area contributed by atoms with Gasteiger partial charge in [-0.15, -0.1) is 0 Å². The van der Waals surface area contributed by atoms with Gasteiger partial charge in [-0.2, -0.15) is 0 Å². The maximum atomic E-state index is 12.2. The molecule has 0 aromatic heterocycles. The quantitative estimate of drug-likeness (QED) is 0.686. The molecule has 26 heavy (non-hydrogen) atoms. The number of amides is 2. The van der Waals surface area contributed by atoms with Gasteiger partial charge in [0, 0.05) is 38.5 Å². The molecule has 1 heterocycles. The first kappa shape index (κ1) is 20.4. The Morgan fingerprint density at radius 1 is 1.12 bits per heavy atom. The maximum absolute atomic E-state index is 12.2. The second-order valence-electron chi connectivity index (χ2n) is 6.61. The van der Waals surface area contributed by atoms with Crippen molar-refractivity contribution < 1.29 is 18.0 Å². The fourth-order valence-corrected chi connectivity index (χ4v) is 4.45. The summed E-state index contributed by atoms with van der Waals surface area (Å²) in [5.41, 5.74) is 0. The zero-order chi connectivity index (χ0) is 19.2. The fourth-order valence-electron chi connectivity index (χ4n) is 3.19. The number of sulfone groups is 1. The third-order valence-electron chi connectivity index (χ3n) is 4.92. The van der Waals surface area contributed by atoms with Crippen LogP contribution in [0.5, 0.6) is 0 Å². The largest absolute Gasteiger partial charge is 0.359 e. The van der Waals surface area contributed by atoms with E-state index < -0.39 is 9.84 Å². The summed E-state index contributed by atoms with van der Waals surface area (Å²) in [6.45, 7) is 0.463. The molecule has 144 valence electrons. The predicted octanol–water partition coefficient (Wildman–Crippen LogP) is 0.566. The molecule has 2 amide bonds. The van der Waals surface area contributed by atoms with Crippen molar-refractivity contribution in [1.29, 1.82) is 0 Å². The Bertz CT molecular complexity index is 721. The van der Waals surface area contributed by atoms with Crippen molar-refractivity contribution in [2.24, 2.45) is 0 Å². The molecular weight excluding hydrogens is 354 g/mol. The van der Waals surface area contributed by atoms with E-state index >= 15 is 0 Å². The molecular formula is C18H27N3O4S. The molecule has 8 heteroatoms. The van der Waals surface area contributed by atoms with Gasteiger partial charge in [-0.1, -0.05) is 18.2 Å². The Hall–Kier alpha value is -1.93. The number of nitrogens with one attached hydrogen (secondary N) is 2. The number of likely N-dealkylation sites (tertiary alicyclic amines) is 1. The van der Waals surface area contributed by atoms with Gasteiger partial charge in [-0.05, 0) is 32.0 Å². The van der Waals surface area contributed by atoms with Crippen LogP contribution in [0.25, 0.3) is 0 Å².